The zero-order valence-electron chi connectivity index (χ0n) is 9.07. The number of aliphatic carboxylic acids is 1. The number of hydrogen-bond donors (Lipinski definition) is 1. The molecule has 0 heterocycles. The summed E-state index contributed by atoms with van der Waals surface area (Å²) in [6.07, 6.45) is 1.59. The van der Waals surface area contributed by atoms with Crippen LogP contribution in [0.25, 0.3) is 5.57 Å². The Morgan fingerprint density at radius 3 is 2.60 bits per heavy atom. The van der Waals surface area contributed by atoms with E-state index in [-0.39, 0.29) is 0 Å². The third-order valence-electron chi connectivity index (χ3n) is 2.31. The van der Waals surface area contributed by atoms with Crippen LogP contribution < -0.4 is 4.74 Å². The molecule has 1 rings (SSSR count). The fourth-order valence-corrected chi connectivity index (χ4v) is 1.52. The van der Waals surface area contributed by atoms with Gasteiger partial charge in [0, 0.05) is 0 Å². The number of carbonyl (C=O) groups is 1. The number of carboxylic acids is 1. The van der Waals surface area contributed by atoms with E-state index in [2.05, 4.69) is 0 Å². The Kier molecular flexibility index (Phi) is 3.50. The van der Waals surface area contributed by atoms with Crippen molar-refractivity contribution >= 4 is 11.5 Å². The quantitative estimate of drug-likeness (QED) is 0.773. The second-order valence-electron chi connectivity index (χ2n) is 3.14. The van der Waals surface area contributed by atoms with Gasteiger partial charge in [-0.25, -0.2) is 4.79 Å². The molecule has 3 nitrogen and oxygen atoms in total. The monoisotopic (exact) mass is 206 g/mol. The minimum atomic E-state index is -0.922. The molecule has 0 amide bonds. The molecule has 1 aromatic carbocycles. The third-order valence-corrected chi connectivity index (χ3v) is 2.31. The lowest BCUT2D eigenvalue weighted by atomic mass is 10.00. The summed E-state index contributed by atoms with van der Waals surface area (Å²) in [6, 6.07) is 5.38. The zero-order valence-corrected chi connectivity index (χ0v) is 9.07. The van der Waals surface area contributed by atoms with Crippen molar-refractivity contribution in [3.63, 3.8) is 0 Å². The van der Waals surface area contributed by atoms with E-state index in [4.69, 9.17) is 9.84 Å². The summed E-state index contributed by atoms with van der Waals surface area (Å²) >= 11 is 0. The van der Waals surface area contributed by atoms with Crippen LogP contribution in [0.4, 0.5) is 0 Å². The molecule has 15 heavy (non-hydrogen) atoms. The molecule has 0 unspecified atom stereocenters. The fourth-order valence-electron chi connectivity index (χ4n) is 1.52. The van der Waals surface area contributed by atoms with Crippen molar-refractivity contribution in [1.29, 1.82) is 0 Å². The first kappa shape index (κ1) is 11.3. The first-order valence-corrected chi connectivity index (χ1v) is 4.65. The average molecular weight is 206 g/mol. The smallest absolute Gasteiger partial charge is 0.335 e. The molecule has 3 heteroatoms. The number of ether oxygens (including phenoxy) is 1. The molecule has 1 N–H and O–H groups in total. The molecular weight excluding hydrogens is 192 g/mol. The predicted molar refractivity (Wildman–Crippen MR) is 59.0 cm³/mol. The maximum Gasteiger partial charge on any atom is 0.335 e. The predicted octanol–water partition coefficient (Wildman–Crippen LogP) is 2.49. The summed E-state index contributed by atoms with van der Waals surface area (Å²) in [5.41, 5.74) is 1.84. The first-order chi connectivity index (χ1) is 7.11. The largest absolute Gasteiger partial charge is 0.496 e. The van der Waals surface area contributed by atoms with Gasteiger partial charge in [-0.1, -0.05) is 18.2 Å². The van der Waals surface area contributed by atoms with Gasteiger partial charge in [0.15, 0.2) is 0 Å². The van der Waals surface area contributed by atoms with Gasteiger partial charge in [0.05, 0.1) is 12.7 Å². The molecule has 0 spiro atoms. The summed E-state index contributed by atoms with van der Waals surface area (Å²) in [4.78, 5) is 11.0. The molecule has 80 valence electrons. The van der Waals surface area contributed by atoms with Crippen LogP contribution in [-0.4, -0.2) is 18.2 Å². The van der Waals surface area contributed by atoms with Gasteiger partial charge >= 0.3 is 5.97 Å². The topological polar surface area (TPSA) is 46.5 Å². The highest BCUT2D eigenvalue weighted by Crippen LogP contribution is 2.26. The Balaban J connectivity index is 3.31. The SMILES string of the molecule is C/C=C(/C(=O)O)c1cccc(OC)c1C. The molecule has 0 aliphatic rings. The van der Waals surface area contributed by atoms with E-state index in [1.807, 2.05) is 13.0 Å². The van der Waals surface area contributed by atoms with Gasteiger partial charge in [-0.3, -0.25) is 0 Å². The Hall–Kier alpha value is -1.77. The molecule has 0 aliphatic heterocycles. The fraction of sp³-hybridized carbons (Fsp3) is 0.250. The van der Waals surface area contributed by atoms with E-state index in [1.165, 1.54) is 0 Å². The lowest BCUT2D eigenvalue weighted by molar-refractivity contribution is -0.130. The van der Waals surface area contributed by atoms with Crippen LogP contribution in [0.15, 0.2) is 24.3 Å². The second-order valence-corrected chi connectivity index (χ2v) is 3.14. The summed E-state index contributed by atoms with van der Waals surface area (Å²) in [7, 11) is 1.57. The number of hydrogen-bond acceptors (Lipinski definition) is 2. The van der Waals surface area contributed by atoms with Gasteiger partial charge in [0.25, 0.3) is 0 Å². The summed E-state index contributed by atoms with van der Waals surface area (Å²) in [5, 5.41) is 9.01. The normalized spacial score (nSPS) is 11.3. The highest BCUT2D eigenvalue weighted by molar-refractivity contribution is 6.15. The molecule has 0 saturated carbocycles. The Morgan fingerprint density at radius 1 is 1.47 bits per heavy atom. The highest BCUT2D eigenvalue weighted by atomic mass is 16.5. The van der Waals surface area contributed by atoms with Gasteiger partial charge < -0.3 is 9.84 Å². The van der Waals surface area contributed by atoms with Crippen LogP contribution >= 0.6 is 0 Å². The second kappa shape index (κ2) is 4.64. The van der Waals surface area contributed by atoms with Crippen molar-refractivity contribution in [2.75, 3.05) is 7.11 Å². The van der Waals surface area contributed by atoms with Gasteiger partial charge in [0.1, 0.15) is 5.75 Å². The van der Waals surface area contributed by atoms with E-state index >= 15 is 0 Å². The van der Waals surface area contributed by atoms with Crippen molar-refractivity contribution in [3.8, 4) is 5.75 Å². The van der Waals surface area contributed by atoms with Crippen LogP contribution in [0.2, 0.25) is 0 Å². The molecule has 0 radical (unpaired) electrons. The maximum atomic E-state index is 11.0. The van der Waals surface area contributed by atoms with Crippen molar-refractivity contribution in [3.05, 3.63) is 35.4 Å². The molecule has 0 bridgehead atoms. The number of benzene rings is 1. The lowest BCUT2D eigenvalue weighted by Crippen LogP contribution is -2.02. The van der Waals surface area contributed by atoms with Gasteiger partial charge in [0.2, 0.25) is 0 Å². The minimum absolute atomic E-state index is 0.298. The van der Waals surface area contributed by atoms with E-state index < -0.39 is 5.97 Å². The van der Waals surface area contributed by atoms with Crippen molar-refractivity contribution in [2.24, 2.45) is 0 Å². The van der Waals surface area contributed by atoms with Crippen molar-refractivity contribution in [1.82, 2.24) is 0 Å². The summed E-state index contributed by atoms with van der Waals surface area (Å²) in [6.45, 7) is 3.56. The van der Waals surface area contributed by atoms with Crippen LogP contribution in [0, 0.1) is 6.92 Å². The van der Waals surface area contributed by atoms with Crippen LogP contribution in [0.3, 0.4) is 0 Å². The molecule has 0 atom stereocenters. The van der Waals surface area contributed by atoms with E-state index in [1.54, 1.807) is 32.2 Å². The first-order valence-electron chi connectivity index (χ1n) is 4.65. The van der Waals surface area contributed by atoms with Gasteiger partial charge in [-0.05, 0) is 31.0 Å². The third kappa shape index (κ3) is 2.18. The molecule has 0 fully saturated rings. The van der Waals surface area contributed by atoms with Crippen molar-refractivity contribution in [2.45, 2.75) is 13.8 Å². The standard InChI is InChI=1S/C12H14O3/c1-4-9(12(13)14)10-6-5-7-11(15-3)8(10)2/h4-7H,1-3H3,(H,13,14)/b9-4+. The number of methoxy groups -OCH3 is 1. The Morgan fingerprint density at radius 2 is 2.13 bits per heavy atom. The average Bonchev–Trinajstić information content (AvgIpc) is 2.21. The zero-order chi connectivity index (χ0) is 11.4. The minimum Gasteiger partial charge on any atom is -0.496 e. The molecule has 1 aromatic rings. The van der Waals surface area contributed by atoms with E-state index in [0.717, 1.165) is 5.56 Å². The Labute approximate surface area is 89.0 Å². The number of rotatable bonds is 3. The molecule has 0 aliphatic carbocycles. The van der Waals surface area contributed by atoms with Crippen LogP contribution in [0.5, 0.6) is 5.75 Å². The van der Waals surface area contributed by atoms with E-state index in [9.17, 15) is 4.79 Å². The van der Waals surface area contributed by atoms with Gasteiger partial charge in [-0.15, -0.1) is 0 Å². The number of carboxylic acid groups (broad SMARTS) is 1. The summed E-state index contributed by atoms with van der Waals surface area (Å²) < 4.78 is 5.14. The summed E-state index contributed by atoms with van der Waals surface area (Å²) in [5.74, 6) is -0.220. The molecule has 0 aromatic heterocycles. The molecular formula is C12H14O3. The Bertz CT molecular complexity index is 405. The highest BCUT2D eigenvalue weighted by Gasteiger charge is 2.13. The lowest BCUT2D eigenvalue weighted by Gasteiger charge is -2.10. The van der Waals surface area contributed by atoms with Crippen LogP contribution in [-0.2, 0) is 4.79 Å². The molecule has 0 saturated heterocycles. The van der Waals surface area contributed by atoms with Gasteiger partial charge in [-0.2, -0.15) is 0 Å². The van der Waals surface area contributed by atoms with Crippen LogP contribution in [0.1, 0.15) is 18.1 Å². The van der Waals surface area contributed by atoms with Crippen molar-refractivity contribution < 1.29 is 14.6 Å². The number of allylic oxidation sites excluding steroid dienone is 1. The van der Waals surface area contributed by atoms with E-state index in [0.29, 0.717) is 16.9 Å². The maximum absolute atomic E-state index is 11.0.